The van der Waals surface area contributed by atoms with Crippen molar-refractivity contribution in [1.29, 1.82) is 0 Å². The first kappa shape index (κ1) is 8.98. The number of hydrogen-bond acceptors (Lipinski definition) is 3. The molecule has 2 fully saturated rings. The smallest absolute Gasteiger partial charge is 0.322 e. The fourth-order valence-electron chi connectivity index (χ4n) is 1.92. The van der Waals surface area contributed by atoms with Crippen molar-refractivity contribution in [2.24, 2.45) is 11.8 Å². The zero-order valence-electron chi connectivity index (χ0n) is 7.53. The van der Waals surface area contributed by atoms with Crippen LogP contribution in [0.4, 0.5) is 4.79 Å². The highest BCUT2D eigenvalue weighted by Crippen LogP contribution is 2.47. The SMILES string of the molecule is CC1([C@H]2C[C@@H]2C(=O)O)NC(=O)NC1=O. The van der Waals surface area contributed by atoms with Crippen LogP contribution in [0.25, 0.3) is 0 Å². The lowest BCUT2D eigenvalue weighted by atomic mass is 9.95. The van der Waals surface area contributed by atoms with Crippen LogP contribution in [-0.4, -0.2) is 28.6 Å². The van der Waals surface area contributed by atoms with Crippen LogP contribution in [0.1, 0.15) is 13.3 Å². The van der Waals surface area contributed by atoms with E-state index in [0.29, 0.717) is 6.42 Å². The van der Waals surface area contributed by atoms with Gasteiger partial charge in [0, 0.05) is 5.92 Å². The molecule has 3 amide bonds. The number of urea groups is 1. The van der Waals surface area contributed by atoms with Gasteiger partial charge >= 0.3 is 12.0 Å². The van der Waals surface area contributed by atoms with Gasteiger partial charge in [0.2, 0.25) is 0 Å². The lowest BCUT2D eigenvalue weighted by Crippen LogP contribution is -2.46. The number of carbonyl (C=O) groups is 3. The molecule has 0 aromatic heterocycles. The molecular formula is C8H10N2O4. The lowest BCUT2D eigenvalue weighted by molar-refractivity contribution is -0.139. The van der Waals surface area contributed by atoms with Crippen molar-refractivity contribution in [3.63, 3.8) is 0 Å². The maximum atomic E-state index is 11.4. The maximum Gasteiger partial charge on any atom is 0.322 e. The molecule has 0 bridgehead atoms. The third-order valence-electron chi connectivity index (χ3n) is 2.92. The van der Waals surface area contributed by atoms with E-state index in [4.69, 9.17) is 5.11 Å². The summed E-state index contributed by atoms with van der Waals surface area (Å²) in [6.45, 7) is 1.56. The van der Waals surface area contributed by atoms with Crippen molar-refractivity contribution in [2.45, 2.75) is 18.9 Å². The Morgan fingerprint density at radius 1 is 1.57 bits per heavy atom. The maximum absolute atomic E-state index is 11.4. The highest BCUT2D eigenvalue weighted by Gasteiger charge is 2.60. The number of carboxylic acid groups (broad SMARTS) is 1. The molecule has 1 heterocycles. The summed E-state index contributed by atoms with van der Waals surface area (Å²) in [5.41, 5.74) is -1.04. The molecule has 6 heteroatoms. The largest absolute Gasteiger partial charge is 0.481 e. The van der Waals surface area contributed by atoms with E-state index in [0.717, 1.165) is 0 Å². The molecule has 6 nitrogen and oxygen atoms in total. The second kappa shape index (κ2) is 2.46. The van der Waals surface area contributed by atoms with Crippen molar-refractivity contribution >= 4 is 17.9 Å². The highest BCUT2D eigenvalue weighted by atomic mass is 16.4. The topological polar surface area (TPSA) is 95.5 Å². The van der Waals surface area contributed by atoms with Gasteiger partial charge in [-0.2, -0.15) is 0 Å². The second-order valence-corrected chi connectivity index (χ2v) is 3.90. The molecule has 0 aromatic carbocycles. The van der Waals surface area contributed by atoms with Gasteiger partial charge in [-0.05, 0) is 13.3 Å². The van der Waals surface area contributed by atoms with Crippen molar-refractivity contribution < 1.29 is 19.5 Å². The van der Waals surface area contributed by atoms with Gasteiger partial charge in [0.25, 0.3) is 5.91 Å². The van der Waals surface area contributed by atoms with E-state index in [1.807, 2.05) is 0 Å². The standard InChI is InChI=1S/C8H10N2O4/c1-8(4-2-3(4)5(11)12)6(13)9-7(14)10-8/h3-4H,2H2,1H3,(H,11,12)(H2,9,10,13,14)/t3-,4-,8?/m0/s1. The summed E-state index contributed by atoms with van der Waals surface area (Å²) >= 11 is 0. The number of amides is 3. The van der Waals surface area contributed by atoms with Crippen LogP contribution in [0.5, 0.6) is 0 Å². The van der Waals surface area contributed by atoms with E-state index in [2.05, 4.69) is 10.6 Å². The normalized spacial score (nSPS) is 40.4. The Balaban J connectivity index is 2.15. The predicted molar refractivity (Wildman–Crippen MR) is 44.3 cm³/mol. The molecule has 0 aromatic rings. The van der Waals surface area contributed by atoms with Gasteiger partial charge < -0.3 is 10.4 Å². The van der Waals surface area contributed by atoms with Crippen LogP contribution >= 0.6 is 0 Å². The van der Waals surface area contributed by atoms with Crippen molar-refractivity contribution in [1.82, 2.24) is 10.6 Å². The average Bonchev–Trinajstić information content (AvgIpc) is 2.77. The first-order valence-electron chi connectivity index (χ1n) is 4.31. The fraction of sp³-hybridized carbons (Fsp3) is 0.625. The van der Waals surface area contributed by atoms with E-state index < -0.39 is 29.4 Å². The van der Waals surface area contributed by atoms with Gasteiger partial charge in [-0.3, -0.25) is 14.9 Å². The predicted octanol–water partition coefficient (Wildman–Crippen LogP) is -0.695. The first-order valence-corrected chi connectivity index (χ1v) is 4.31. The summed E-state index contributed by atoms with van der Waals surface area (Å²) in [7, 11) is 0. The molecule has 0 spiro atoms. The summed E-state index contributed by atoms with van der Waals surface area (Å²) in [6, 6.07) is -0.548. The zero-order chi connectivity index (χ0) is 10.5. The monoisotopic (exact) mass is 198 g/mol. The highest BCUT2D eigenvalue weighted by molar-refractivity contribution is 6.07. The number of hydrogen-bond donors (Lipinski definition) is 3. The molecule has 3 atom stereocenters. The summed E-state index contributed by atoms with van der Waals surface area (Å²) in [5.74, 6) is -2.14. The quantitative estimate of drug-likeness (QED) is 0.511. The Kier molecular flexibility index (Phi) is 1.58. The van der Waals surface area contributed by atoms with E-state index in [-0.39, 0.29) is 5.92 Å². The number of carbonyl (C=O) groups excluding carboxylic acids is 2. The van der Waals surface area contributed by atoms with Gasteiger partial charge in [0.15, 0.2) is 0 Å². The van der Waals surface area contributed by atoms with Crippen LogP contribution in [0.2, 0.25) is 0 Å². The van der Waals surface area contributed by atoms with Gasteiger partial charge in [-0.15, -0.1) is 0 Å². The minimum absolute atomic E-state index is 0.286. The Morgan fingerprint density at radius 2 is 2.21 bits per heavy atom. The molecule has 1 saturated heterocycles. The molecule has 1 unspecified atom stereocenters. The molecular weight excluding hydrogens is 188 g/mol. The second-order valence-electron chi connectivity index (χ2n) is 3.90. The van der Waals surface area contributed by atoms with Gasteiger partial charge in [0.1, 0.15) is 5.54 Å². The Hall–Kier alpha value is -1.59. The van der Waals surface area contributed by atoms with Crippen molar-refractivity contribution in [3.05, 3.63) is 0 Å². The number of rotatable bonds is 2. The number of imide groups is 1. The number of aliphatic carboxylic acids is 1. The third-order valence-corrected chi connectivity index (χ3v) is 2.92. The van der Waals surface area contributed by atoms with E-state index in [9.17, 15) is 14.4 Å². The van der Waals surface area contributed by atoms with Crippen LogP contribution in [0.15, 0.2) is 0 Å². The lowest BCUT2D eigenvalue weighted by Gasteiger charge is -2.19. The Labute approximate surface area is 79.7 Å². The molecule has 1 aliphatic heterocycles. The molecule has 0 radical (unpaired) electrons. The van der Waals surface area contributed by atoms with Gasteiger partial charge in [-0.1, -0.05) is 0 Å². The van der Waals surface area contributed by atoms with Crippen molar-refractivity contribution in [2.75, 3.05) is 0 Å². The molecule has 1 saturated carbocycles. The molecule has 2 rings (SSSR count). The van der Waals surface area contributed by atoms with Crippen LogP contribution < -0.4 is 10.6 Å². The number of nitrogens with one attached hydrogen (secondary N) is 2. The molecule has 14 heavy (non-hydrogen) atoms. The average molecular weight is 198 g/mol. The Morgan fingerprint density at radius 3 is 2.57 bits per heavy atom. The fourth-order valence-corrected chi connectivity index (χ4v) is 1.92. The van der Waals surface area contributed by atoms with Crippen LogP contribution in [0, 0.1) is 11.8 Å². The number of carboxylic acids is 1. The molecule has 3 N–H and O–H groups in total. The van der Waals surface area contributed by atoms with Gasteiger partial charge in [0.05, 0.1) is 5.92 Å². The van der Waals surface area contributed by atoms with Crippen LogP contribution in [-0.2, 0) is 9.59 Å². The Bertz CT molecular complexity index is 340. The molecule has 2 aliphatic rings. The molecule has 76 valence electrons. The summed E-state index contributed by atoms with van der Waals surface area (Å²) in [6.07, 6.45) is 0.444. The summed E-state index contributed by atoms with van der Waals surface area (Å²) in [5, 5.41) is 13.3. The van der Waals surface area contributed by atoms with E-state index >= 15 is 0 Å². The van der Waals surface area contributed by atoms with Crippen LogP contribution in [0.3, 0.4) is 0 Å². The zero-order valence-corrected chi connectivity index (χ0v) is 7.53. The van der Waals surface area contributed by atoms with E-state index in [1.165, 1.54) is 0 Å². The first-order chi connectivity index (χ1) is 6.45. The van der Waals surface area contributed by atoms with Gasteiger partial charge in [-0.25, -0.2) is 4.79 Å². The minimum Gasteiger partial charge on any atom is -0.481 e. The minimum atomic E-state index is -1.04. The third kappa shape index (κ3) is 1.07. The van der Waals surface area contributed by atoms with E-state index in [1.54, 1.807) is 6.92 Å². The summed E-state index contributed by atoms with van der Waals surface area (Å²) < 4.78 is 0. The molecule has 1 aliphatic carbocycles. The van der Waals surface area contributed by atoms with Crippen molar-refractivity contribution in [3.8, 4) is 0 Å². The summed E-state index contributed by atoms with van der Waals surface area (Å²) in [4.78, 5) is 32.9.